The summed E-state index contributed by atoms with van der Waals surface area (Å²) in [6.45, 7) is 2.29. The van der Waals surface area contributed by atoms with E-state index in [1.807, 2.05) is 12.1 Å². The number of rotatable bonds is 5. The summed E-state index contributed by atoms with van der Waals surface area (Å²) in [5, 5.41) is 8.59. The monoisotopic (exact) mass is 237 g/mol. The van der Waals surface area contributed by atoms with Crippen molar-refractivity contribution in [3.8, 4) is 0 Å². The zero-order valence-electron chi connectivity index (χ0n) is 9.27. The number of aromatic nitrogens is 2. The lowest BCUT2D eigenvalue weighted by atomic mass is 10.3. The lowest BCUT2D eigenvalue weighted by molar-refractivity contribution is 0.666. The molecule has 1 aromatic heterocycles. The van der Waals surface area contributed by atoms with E-state index in [1.54, 1.807) is 0 Å². The Labute approximate surface area is 101 Å². The highest BCUT2D eigenvalue weighted by molar-refractivity contribution is 6.29. The number of nitrogens with zero attached hydrogens (tertiary/aromatic N) is 3. The predicted molar refractivity (Wildman–Crippen MR) is 64.7 cm³/mol. The minimum atomic E-state index is 0.474. The second-order valence-electron chi connectivity index (χ2n) is 5.01. The van der Waals surface area contributed by atoms with Crippen LogP contribution in [0.15, 0.2) is 12.1 Å². The van der Waals surface area contributed by atoms with E-state index in [2.05, 4.69) is 15.1 Å². The molecular formula is C12H16ClN3. The van der Waals surface area contributed by atoms with E-state index in [0.717, 1.165) is 30.7 Å². The maximum Gasteiger partial charge on any atom is 0.151 e. The molecule has 2 saturated carbocycles. The van der Waals surface area contributed by atoms with E-state index in [-0.39, 0.29) is 0 Å². The van der Waals surface area contributed by atoms with Gasteiger partial charge in [-0.05, 0) is 49.7 Å². The maximum atomic E-state index is 5.76. The van der Waals surface area contributed by atoms with E-state index < -0.39 is 0 Å². The van der Waals surface area contributed by atoms with Crippen LogP contribution in [0.5, 0.6) is 0 Å². The Balaban J connectivity index is 1.71. The normalized spacial score (nSPS) is 19.8. The molecule has 16 heavy (non-hydrogen) atoms. The Bertz CT molecular complexity index is 343. The summed E-state index contributed by atoms with van der Waals surface area (Å²) < 4.78 is 0. The van der Waals surface area contributed by atoms with Crippen LogP contribution in [0.2, 0.25) is 5.15 Å². The number of anilines is 1. The van der Waals surface area contributed by atoms with Crippen molar-refractivity contribution in [3.63, 3.8) is 0 Å². The standard InChI is InChI=1S/C12H16ClN3/c13-11-5-6-12(15-14-11)16(7-9-1-2-9)8-10-3-4-10/h5-6,9-10H,1-4,7-8H2. The third-order valence-electron chi connectivity index (χ3n) is 3.29. The predicted octanol–water partition coefficient (Wildman–Crippen LogP) is 2.76. The maximum absolute atomic E-state index is 5.76. The zero-order valence-corrected chi connectivity index (χ0v) is 10.0. The highest BCUT2D eigenvalue weighted by Gasteiger charge is 2.29. The van der Waals surface area contributed by atoms with Gasteiger partial charge in [0.05, 0.1) is 0 Å². The average Bonchev–Trinajstić information content (AvgIpc) is 3.12. The molecule has 0 N–H and O–H groups in total. The molecule has 0 saturated heterocycles. The summed E-state index contributed by atoms with van der Waals surface area (Å²) in [5.74, 6) is 2.76. The molecule has 0 radical (unpaired) electrons. The van der Waals surface area contributed by atoms with Gasteiger partial charge in [0.15, 0.2) is 11.0 Å². The first kappa shape index (κ1) is 10.3. The Morgan fingerprint density at radius 3 is 2.12 bits per heavy atom. The van der Waals surface area contributed by atoms with Crippen LogP contribution in [0, 0.1) is 11.8 Å². The zero-order chi connectivity index (χ0) is 11.0. The number of hydrogen-bond donors (Lipinski definition) is 0. The molecule has 2 aliphatic rings. The molecule has 0 amide bonds. The third kappa shape index (κ3) is 2.64. The highest BCUT2D eigenvalue weighted by atomic mass is 35.5. The molecule has 0 atom stereocenters. The Kier molecular flexibility index (Phi) is 2.72. The van der Waals surface area contributed by atoms with Gasteiger partial charge in [0, 0.05) is 13.1 Å². The molecule has 0 bridgehead atoms. The fourth-order valence-electron chi connectivity index (χ4n) is 1.96. The average molecular weight is 238 g/mol. The lowest BCUT2D eigenvalue weighted by Crippen LogP contribution is -2.29. The van der Waals surface area contributed by atoms with Gasteiger partial charge in [0.25, 0.3) is 0 Å². The fourth-order valence-corrected chi connectivity index (χ4v) is 2.06. The van der Waals surface area contributed by atoms with Gasteiger partial charge in [-0.1, -0.05) is 11.6 Å². The van der Waals surface area contributed by atoms with Crippen molar-refractivity contribution in [2.75, 3.05) is 18.0 Å². The van der Waals surface area contributed by atoms with E-state index in [9.17, 15) is 0 Å². The molecule has 2 fully saturated rings. The SMILES string of the molecule is Clc1ccc(N(CC2CC2)CC2CC2)nn1. The van der Waals surface area contributed by atoms with Gasteiger partial charge in [-0.25, -0.2) is 0 Å². The van der Waals surface area contributed by atoms with Crippen LogP contribution in [0.25, 0.3) is 0 Å². The summed E-state index contributed by atoms with van der Waals surface area (Å²) in [6.07, 6.45) is 5.51. The van der Waals surface area contributed by atoms with Crippen LogP contribution in [-0.4, -0.2) is 23.3 Å². The molecule has 0 aliphatic heterocycles. The van der Waals surface area contributed by atoms with Gasteiger partial charge < -0.3 is 4.90 Å². The smallest absolute Gasteiger partial charge is 0.151 e. The van der Waals surface area contributed by atoms with Crippen molar-refractivity contribution in [1.29, 1.82) is 0 Å². The third-order valence-corrected chi connectivity index (χ3v) is 3.49. The Morgan fingerprint density at radius 1 is 1.06 bits per heavy atom. The summed E-state index contributed by atoms with van der Waals surface area (Å²) in [5.41, 5.74) is 0. The minimum absolute atomic E-state index is 0.474. The first-order valence-electron chi connectivity index (χ1n) is 6.05. The van der Waals surface area contributed by atoms with Crippen LogP contribution in [0.1, 0.15) is 25.7 Å². The molecular weight excluding hydrogens is 222 g/mol. The van der Waals surface area contributed by atoms with Crippen molar-refractivity contribution >= 4 is 17.4 Å². The van der Waals surface area contributed by atoms with E-state index in [1.165, 1.54) is 25.7 Å². The Hall–Kier alpha value is -0.830. The van der Waals surface area contributed by atoms with Crippen molar-refractivity contribution in [2.24, 2.45) is 11.8 Å². The van der Waals surface area contributed by atoms with E-state index in [0.29, 0.717) is 5.15 Å². The lowest BCUT2D eigenvalue weighted by Gasteiger charge is -2.22. The van der Waals surface area contributed by atoms with Crippen molar-refractivity contribution in [1.82, 2.24) is 10.2 Å². The van der Waals surface area contributed by atoms with Crippen LogP contribution < -0.4 is 4.90 Å². The largest absolute Gasteiger partial charge is 0.355 e. The van der Waals surface area contributed by atoms with Crippen molar-refractivity contribution in [2.45, 2.75) is 25.7 Å². The molecule has 3 nitrogen and oxygen atoms in total. The summed E-state index contributed by atoms with van der Waals surface area (Å²) in [7, 11) is 0. The molecule has 4 heteroatoms. The molecule has 0 unspecified atom stereocenters. The fraction of sp³-hybridized carbons (Fsp3) is 0.667. The van der Waals surface area contributed by atoms with Crippen molar-refractivity contribution < 1.29 is 0 Å². The van der Waals surface area contributed by atoms with Crippen molar-refractivity contribution in [3.05, 3.63) is 17.3 Å². The molecule has 1 heterocycles. The first-order chi connectivity index (χ1) is 7.81. The summed E-state index contributed by atoms with van der Waals surface area (Å²) >= 11 is 5.76. The molecule has 86 valence electrons. The summed E-state index contributed by atoms with van der Waals surface area (Å²) in [6, 6.07) is 3.82. The molecule has 0 aromatic carbocycles. The summed E-state index contributed by atoms with van der Waals surface area (Å²) in [4.78, 5) is 2.39. The Morgan fingerprint density at radius 2 is 1.69 bits per heavy atom. The number of halogens is 1. The van der Waals surface area contributed by atoms with Gasteiger partial charge in [-0.15, -0.1) is 10.2 Å². The first-order valence-corrected chi connectivity index (χ1v) is 6.43. The molecule has 3 rings (SSSR count). The molecule has 0 spiro atoms. The van der Waals surface area contributed by atoms with Gasteiger partial charge in [-0.2, -0.15) is 0 Å². The van der Waals surface area contributed by atoms with Crippen LogP contribution in [-0.2, 0) is 0 Å². The van der Waals surface area contributed by atoms with Crippen LogP contribution in [0.4, 0.5) is 5.82 Å². The quantitative estimate of drug-likeness (QED) is 0.789. The van der Waals surface area contributed by atoms with Gasteiger partial charge in [0.2, 0.25) is 0 Å². The van der Waals surface area contributed by atoms with Crippen LogP contribution in [0.3, 0.4) is 0 Å². The molecule has 1 aromatic rings. The van der Waals surface area contributed by atoms with Gasteiger partial charge in [0.1, 0.15) is 0 Å². The number of hydrogen-bond acceptors (Lipinski definition) is 3. The second-order valence-corrected chi connectivity index (χ2v) is 5.39. The highest BCUT2D eigenvalue weighted by Crippen LogP contribution is 2.35. The van der Waals surface area contributed by atoms with Gasteiger partial charge in [-0.3, -0.25) is 0 Å². The minimum Gasteiger partial charge on any atom is -0.355 e. The van der Waals surface area contributed by atoms with Crippen LogP contribution >= 0.6 is 11.6 Å². The molecule has 2 aliphatic carbocycles. The van der Waals surface area contributed by atoms with E-state index >= 15 is 0 Å². The van der Waals surface area contributed by atoms with E-state index in [4.69, 9.17) is 11.6 Å². The topological polar surface area (TPSA) is 29.0 Å². The van der Waals surface area contributed by atoms with Gasteiger partial charge >= 0.3 is 0 Å². The second kappa shape index (κ2) is 4.21.